The molecule has 1 aromatic rings. The quantitative estimate of drug-likeness (QED) is 0.686. The predicted molar refractivity (Wildman–Crippen MR) is 58.3 cm³/mol. The maximum Gasteiger partial charge on any atom is 0.431 e. The van der Waals surface area contributed by atoms with Gasteiger partial charge in [-0.2, -0.15) is 13.2 Å². The number of alkyl halides is 3. The summed E-state index contributed by atoms with van der Waals surface area (Å²) in [5, 5.41) is 5.16. The van der Waals surface area contributed by atoms with E-state index >= 15 is 0 Å². The lowest BCUT2D eigenvalue weighted by Gasteiger charge is -2.07. The largest absolute Gasteiger partial charge is 0.431 e. The van der Waals surface area contributed by atoms with Crippen LogP contribution in [0.25, 0.3) is 0 Å². The molecule has 0 aliphatic heterocycles. The van der Waals surface area contributed by atoms with Crippen molar-refractivity contribution in [1.82, 2.24) is 15.6 Å². The Morgan fingerprint density at radius 2 is 2.00 bits per heavy atom. The number of likely N-dealkylation sites (N-methyl/N-ethyl adjacent to an activating group) is 1. The number of amides is 1. The molecule has 0 saturated carbocycles. The minimum absolute atomic E-state index is 0.274. The highest BCUT2D eigenvalue weighted by Crippen LogP contribution is 2.26. The maximum atomic E-state index is 12.3. The van der Waals surface area contributed by atoms with E-state index in [2.05, 4.69) is 10.6 Å². The maximum absolute atomic E-state index is 12.3. The van der Waals surface area contributed by atoms with Gasteiger partial charge in [-0.05, 0) is 19.2 Å². The van der Waals surface area contributed by atoms with Crippen molar-refractivity contribution in [3.63, 3.8) is 0 Å². The number of carbonyl (C=O) groups excluding carboxylic acids is 1. The standard InChI is InChI=1S/C10H12F3N3O2/c1-14-4-5-15-8(17)6-2-3-7(10(11,12)13)16-9(6)18/h2-3,14H,4-5H2,1H3,(H,15,17)(H,16,18). The fraction of sp³-hybridized carbons (Fsp3) is 0.400. The lowest BCUT2D eigenvalue weighted by Crippen LogP contribution is -2.34. The zero-order valence-electron chi connectivity index (χ0n) is 9.52. The minimum atomic E-state index is -4.64. The van der Waals surface area contributed by atoms with Crippen LogP contribution >= 0.6 is 0 Å². The number of H-pyrrole nitrogens is 1. The Labute approximate surface area is 100 Å². The van der Waals surface area contributed by atoms with Crippen LogP contribution in [-0.2, 0) is 6.18 Å². The molecule has 0 radical (unpaired) electrons. The van der Waals surface area contributed by atoms with Crippen LogP contribution in [0, 0.1) is 0 Å². The SMILES string of the molecule is CNCCNC(=O)c1ccc(C(F)(F)F)[nH]c1=O. The summed E-state index contributed by atoms with van der Waals surface area (Å²) in [4.78, 5) is 24.4. The number of nitrogens with one attached hydrogen (secondary N) is 3. The molecule has 0 spiro atoms. The summed E-state index contributed by atoms with van der Waals surface area (Å²) in [5.41, 5.74) is -2.59. The Kier molecular flexibility index (Phi) is 4.49. The molecule has 0 aliphatic carbocycles. The zero-order chi connectivity index (χ0) is 13.8. The van der Waals surface area contributed by atoms with Crippen LogP contribution in [0.2, 0.25) is 0 Å². The summed E-state index contributed by atoms with van der Waals surface area (Å²) in [7, 11) is 1.68. The molecule has 100 valence electrons. The highest BCUT2D eigenvalue weighted by molar-refractivity contribution is 5.93. The van der Waals surface area contributed by atoms with Crippen molar-refractivity contribution in [2.24, 2.45) is 0 Å². The Hall–Kier alpha value is -1.83. The molecule has 0 unspecified atom stereocenters. The van der Waals surface area contributed by atoms with E-state index in [0.29, 0.717) is 12.6 Å². The number of aromatic nitrogens is 1. The fourth-order valence-electron chi connectivity index (χ4n) is 1.21. The monoisotopic (exact) mass is 263 g/mol. The number of carbonyl (C=O) groups is 1. The first-order valence-corrected chi connectivity index (χ1v) is 5.09. The number of hydrogen-bond acceptors (Lipinski definition) is 3. The number of pyridine rings is 1. The minimum Gasteiger partial charge on any atom is -0.351 e. The van der Waals surface area contributed by atoms with Crippen LogP contribution in [0.5, 0.6) is 0 Å². The molecule has 1 aromatic heterocycles. The molecule has 1 amide bonds. The van der Waals surface area contributed by atoms with Gasteiger partial charge in [-0.15, -0.1) is 0 Å². The number of halogens is 3. The molecular weight excluding hydrogens is 251 g/mol. The summed E-state index contributed by atoms with van der Waals surface area (Å²) >= 11 is 0. The first-order chi connectivity index (χ1) is 8.36. The van der Waals surface area contributed by atoms with E-state index in [9.17, 15) is 22.8 Å². The summed E-state index contributed by atoms with van der Waals surface area (Å²) in [5.74, 6) is -0.708. The second kappa shape index (κ2) is 5.67. The molecule has 18 heavy (non-hydrogen) atoms. The van der Waals surface area contributed by atoms with Gasteiger partial charge in [0.25, 0.3) is 11.5 Å². The molecule has 0 saturated heterocycles. The molecule has 0 atom stereocenters. The van der Waals surface area contributed by atoms with Gasteiger partial charge in [0.15, 0.2) is 0 Å². The van der Waals surface area contributed by atoms with Crippen LogP contribution in [-0.4, -0.2) is 31.0 Å². The Morgan fingerprint density at radius 1 is 1.33 bits per heavy atom. The highest BCUT2D eigenvalue weighted by Gasteiger charge is 2.32. The van der Waals surface area contributed by atoms with Gasteiger partial charge in [0.2, 0.25) is 0 Å². The Bertz CT molecular complexity index is 482. The van der Waals surface area contributed by atoms with Gasteiger partial charge in [0, 0.05) is 13.1 Å². The topological polar surface area (TPSA) is 74.0 Å². The first kappa shape index (κ1) is 14.2. The highest BCUT2D eigenvalue weighted by atomic mass is 19.4. The first-order valence-electron chi connectivity index (χ1n) is 5.09. The predicted octanol–water partition coefficient (Wildman–Crippen LogP) is 0.343. The van der Waals surface area contributed by atoms with Crippen molar-refractivity contribution in [3.8, 4) is 0 Å². The van der Waals surface area contributed by atoms with Crippen molar-refractivity contribution < 1.29 is 18.0 Å². The zero-order valence-corrected chi connectivity index (χ0v) is 9.52. The second-order valence-corrected chi connectivity index (χ2v) is 3.47. The number of hydrogen-bond donors (Lipinski definition) is 3. The third-order valence-electron chi connectivity index (χ3n) is 2.12. The lowest BCUT2D eigenvalue weighted by molar-refractivity contribution is -0.141. The lowest BCUT2D eigenvalue weighted by atomic mass is 10.2. The van der Waals surface area contributed by atoms with E-state index in [1.54, 1.807) is 12.0 Å². The van der Waals surface area contributed by atoms with Crippen LogP contribution < -0.4 is 16.2 Å². The smallest absolute Gasteiger partial charge is 0.351 e. The van der Waals surface area contributed by atoms with E-state index in [-0.39, 0.29) is 12.1 Å². The van der Waals surface area contributed by atoms with Gasteiger partial charge in [-0.25, -0.2) is 0 Å². The van der Waals surface area contributed by atoms with Gasteiger partial charge in [-0.3, -0.25) is 9.59 Å². The molecule has 5 nitrogen and oxygen atoms in total. The molecule has 0 fully saturated rings. The van der Waals surface area contributed by atoms with Crippen LogP contribution in [0.3, 0.4) is 0 Å². The molecule has 3 N–H and O–H groups in total. The molecule has 8 heteroatoms. The number of rotatable bonds is 4. The number of aromatic amines is 1. The van der Waals surface area contributed by atoms with Crippen molar-refractivity contribution in [2.45, 2.75) is 6.18 Å². The summed E-state index contributed by atoms with van der Waals surface area (Å²) in [6.07, 6.45) is -4.64. The Morgan fingerprint density at radius 3 is 2.50 bits per heavy atom. The third kappa shape index (κ3) is 3.59. The molecule has 0 aliphatic rings. The molecular formula is C10H12F3N3O2. The van der Waals surface area contributed by atoms with Gasteiger partial charge < -0.3 is 15.6 Å². The van der Waals surface area contributed by atoms with E-state index < -0.39 is 23.3 Å². The fourth-order valence-corrected chi connectivity index (χ4v) is 1.21. The average Bonchev–Trinajstić information content (AvgIpc) is 2.27. The Balaban J connectivity index is 2.86. The summed E-state index contributed by atoms with van der Waals surface area (Å²) < 4.78 is 36.8. The van der Waals surface area contributed by atoms with E-state index in [1.165, 1.54) is 0 Å². The third-order valence-corrected chi connectivity index (χ3v) is 2.12. The molecule has 1 rings (SSSR count). The van der Waals surface area contributed by atoms with E-state index in [1.807, 2.05) is 0 Å². The van der Waals surface area contributed by atoms with Crippen molar-refractivity contribution in [2.75, 3.05) is 20.1 Å². The van der Waals surface area contributed by atoms with Gasteiger partial charge in [0.1, 0.15) is 11.3 Å². The van der Waals surface area contributed by atoms with Crippen molar-refractivity contribution in [3.05, 3.63) is 33.7 Å². The normalized spacial score (nSPS) is 11.3. The van der Waals surface area contributed by atoms with Crippen LogP contribution in [0.4, 0.5) is 13.2 Å². The molecule has 1 heterocycles. The van der Waals surface area contributed by atoms with Crippen molar-refractivity contribution in [1.29, 1.82) is 0 Å². The average molecular weight is 263 g/mol. The molecule has 0 bridgehead atoms. The van der Waals surface area contributed by atoms with Crippen LogP contribution in [0.15, 0.2) is 16.9 Å². The van der Waals surface area contributed by atoms with Crippen LogP contribution in [0.1, 0.15) is 16.1 Å². The van der Waals surface area contributed by atoms with Gasteiger partial charge in [0.05, 0.1) is 0 Å². The van der Waals surface area contributed by atoms with Gasteiger partial charge in [-0.1, -0.05) is 0 Å². The summed E-state index contributed by atoms with van der Waals surface area (Å²) in [6, 6.07) is 1.52. The summed E-state index contributed by atoms with van der Waals surface area (Å²) in [6.45, 7) is 0.764. The molecule has 0 aromatic carbocycles. The van der Waals surface area contributed by atoms with Crippen molar-refractivity contribution >= 4 is 5.91 Å². The van der Waals surface area contributed by atoms with E-state index in [0.717, 1.165) is 6.07 Å². The van der Waals surface area contributed by atoms with Gasteiger partial charge >= 0.3 is 6.18 Å². The second-order valence-electron chi connectivity index (χ2n) is 3.47. The van der Waals surface area contributed by atoms with E-state index in [4.69, 9.17) is 0 Å².